The average Bonchev–Trinajstić information content (AvgIpc) is 2.38. The SMILES string of the molecule is Cc1ccc(CNc2cc(C(F)(F)F)ccc2C)nc1. The van der Waals surface area contributed by atoms with Crippen LogP contribution in [0.2, 0.25) is 0 Å². The quantitative estimate of drug-likeness (QED) is 0.905. The Hall–Kier alpha value is -2.04. The third-order valence-electron chi connectivity index (χ3n) is 3.00. The second-order valence-corrected chi connectivity index (χ2v) is 4.71. The number of halogens is 3. The monoisotopic (exact) mass is 280 g/mol. The molecule has 0 amide bonds. The summed E-state index contributed by atoms with van der Waals surface area (Å²) in [5.74, 6) is 0. The summed E-state index contributed by atoms with van der Waals surface area (Å²) in [5, 5.41) is 3.00. The molecule has 1 heterocycles. The van der Waals surface area contributed by atoms with Crippen LogP contribution in [0.1, 0.15) is 22.4 Å². The van der Waals surface area contributed by atoms with E-state index in [9.17, 15) is 13.2 Å². The number of anilines is 1. The number of pyridine rings is 1. The van der Waals surface area contributed by atoms with Gasteiger partial charge in [0.15, 0.2) is 0 Å². The standard InChI is InChI=1S/C15H15F3N2/c1-10-3-6-13(19-8-10)9-20-14-7-12(15(16,17)18)5-4-11(14)2/h3-8,20H,9H2,1-2H3. The van der Waals surface area contributed by atoms with Gasteiger partial charge in [-0.3, -0.25) is 4.98 Å². The van der Waals surface area contributed by atoms with Gasteiger partial charge in [-0.1, -0.05) is 12.1 Å². The topological polar surface area (TPSA) is 24.9 Å². The third-order valence-corrected chi connectivity index (χ3v) is 3.00. The minimum Gasteiger partial charge on any atom is -0.379 e. The van der Waals surface area contributed by atoms with Crippen LogP contribution in [0.25, 0.3) is 0 Å². The fraction of sp³-hybridized carbons (Fsp3) is 0.267. The van der Waals surface area contributed by atoms with E-state index in [2.05, 4.69) is 10.3 Å². The number of rotatable bonds is 3. The van der Waals surface area contributed by atoms with Gasteiger partial charge in [0.25, 0.3) is 0 Å². The van der Waals surface area contributed by atoms with Crippen molar-refractivity contribution in [1.29, 1.82) is 0 Å². The summed E-state index contributed by atoms with van der Waals surface area (Å²) in [6.45, 7) is 4.09. The van der Waals surface area contributed by atoms with Crippen LogP contribution in [-0.4, -0.2) is 4.98 Å². The van der Waals surface area contributed by atoms with Gasteiger partial charge in [0.05, 0.1) is 17.8 Å². The number of nitrogens with one attached hydrogen (secondary N) is 1. The minimum atomic E-state index is -4.33. The predicted octanol–water partition coefficient (Wildman–Crippen LogP) is 4.33. The molecule has 1 aromatic carbocycles. The summed E-state index contributed by atoms with van der Waals surface area (Å²) in [5.41, 5.74) is 2.42. The number of aromatic nitrogens is 1. The summed E-state index contributed by atoms with van der Waals surface area (Å²) in [6, 6.07) is 7.45. The van der Waals surface area contributed by atoms with Gasteiger partial charge in [0, 0.05) is 11.9 Å². The highest BCUT2D eigenvalue weighted by atomic mass is 19.4. The lowest BCUT2D eigenvalue weighted by Crippen LogP contribution is -2.08. The Balaban J connectivity index is 2.14. The van der Waals surface area contributed by atoms with Crippen molar-refractivity contribution in [3.63, 3.8) is 0 Å². The first-order valence-electron chi connectivity index (χ1n) is 6.19. The van der Waals surface area contributed by atoms with E-state index in [-0.39, 0.29) is 0 Å². The number of alkyl halides is 3. The minimum absolute atomic E-state index is 0.391. The van der Waals surface area contributed by atoms with Crippen LogP contribution in [0.15, 0.2) is 36.5 Å². The van der Waals surface area contributed by atoms with Crippen molar-refractivity contribution in [2.75, 3.05) is 5.32 Å². The van der Waals surface area contributed by atoms with Gasteiger partial charge in [-0.05, 0) is 43.2 Å². The Morgan fingerprint density at radius 2 is 1.85 bits per heavy atom. The Morgan fingerprint density at radius 3 is 2.45 bits per heavy atom. The van der Waals surface area contributed by atoms with Gasteiger partial charge < -0.3 is 5.32 Å². The number of benzene rings is 1. The van der Waals surface area contributed by atoms with Crippen LogP contribution in [0.5, 0.6) is 0 Å². The van der Waals surface area contributed by atoms with Crippen molar-refractivity contribution in [3.05, 3.63) is 58.9 Å². The van der Waals surface area contributed by atoms with Gasteiger partial charge >= 0.3 is 6.18 Å². The smallest absolute Gasteiger partial charge is 0.379 e. The fourth-order valence-corrected chi connectivity index (χ4v) is 1.78. The molecule has 0 aliphatic carbocycles. The summed E-state index contributed by atoms with van der Waals surface area (Å²) in [4.78, 5) is 4.21. The van der Waals surface area contributed by atoms with E-state index < -0.39 is 11.7 Å². The Kier molecular flexibility index (Phi) is 3.97. The maximum Gasteiger partial charge on any atom is 0.416 e. The summed E-state index contributed by atoms with van der Waals surface area (Å²) in [7, 11) is 0. The molecule has 0 spiro atoms. The van der Waals surface area contributed by atoms with E-state index >= 15 is 0 Å². The molecule has 0 fully saturated rings. The van der Waals surface area contributed by atoms with Crippen LogP contribution in [0.3, 0.4) is 0 Å². The molecule has 0 aliphatic rings. The van der Waals surface area contributed by atoms with Crippen LogP contribution >= 0.6 is 0 Å². The maximum atomic E-state index is 12.7. The molecule has 0 aliphatic heterocycles. The lowest BCUT2D eigenvalue weighted by Gasteiger charge is -2.13. The van der Waals surface area contributed by atoms with E-state index in [1.807, 2.05) is 19.1 Å². The zero-order valence-electron chi connectivity index (χ0n) is 11.3. The highest BCUT2D eigenvalue weighted by Crippen LogP contribution is 2.32. The summed E-state index contributed by atoms with van der Waals surface area (Å²) >= 11 is 0. The largest absolute Gasteiger partial charge is 0.416 e. The number of nitrogens with zero attached hydrogens (tertiary/aromatic N) is 1. The number of aryl methyl sites for hydroxylation is 2. The highest BCUT2D eigenvalue weighted by Gasteiger charge is 2.30. The predicted molar refractivity (Wildman–Crippen MR) is 72.5 cm³/mol. The van der Waals surface area contributed by atoms with Gasteiger partial charge in [-0.15, -0.1) is 0 Å². The lowest BCUT2D eigenvalue weighted by molar-refractivity contribution is -0.137. The van der Waals surface area contributed by atoms with Gasteiger partial charge in [0.2, 0.25) is 0 Å². The summed E-state index contributed by atoms with van der Waals surface area (Å²) in [6.07, 6.45) is -2.59. The molecule has 5 heteroatoms. The fourth-order valence-electron chi connectivity index (χ4n) is 1.78. The molecule has 0 unspecified atom stereocenters. The first kappa shape index (κ1) is 14.4. The molecule has 0 saturated heterocycles. The first-order chi connectivity index (χ1) is 9.36. The summed E-state index contributed by atoms with van der Waals surface area (Å²) < 4.78 is 38.0. The molecule has 0 radical (unpaired) electrons. The van der Waals surface area contributed by atoms with Gasteiger partial charge in [0.1, 0.15) is 0 Å². The Bertz CT molecular complexity index is 589. The molecule has 2 rings (SSSR count). The molecule has 0 atom stereocenters. The van der Waals surface area contributed by atoms with E-state index in [0.717, 1.165) is 29.0 Å². The van der Waals surface area contributed by atoms with Crippen molar-refractivity contribution in [2.24, 2.45) is 0 Å². The maximum absolute atomic E-state index is 12.7. The molecule has 1 N–H and O–H groups in total. The zero-order valence-corrected chi connectivity index (χ0v) is 11.3. The molecule has 2 aromatic rings. The molecule has 20 heavy (non-hydrogen) atoms. The number of hydrogen-bond acceptors (Lipinski definition) is 2. The van der Waals surface area contributed by atoms with Crippen LogP contribution in [-0.2, 0) is 12.7 Å². The van der Waals surface area contributed by atoms with Crippen LogP contribution in [0, 0.1) is 13.8 Å². The average molecular weight is 280 g/mol. The zero-order chi connectivity index (χ0) is 14.8. The van der Waals surface area contributed by atoms with Gasteiger partial charge in [-0.2, -0.15) is 13.2 Å². The van der Waals surface area contributed by atoms with Gasteiger partial charge in [-0.25, -0.2) is 0 Å². The van der Waals surface area contributed by atoms with Crippen molar-refractivity contribution < 1.29 is 13.2 Å². The Labute approximate surface area is 115 Å². The molecule has 0 saturated carbocycles. The van der Waals surface area contributed by atoms with E-state index in [1.54, 1.807) is 13.1 Å². The van der Waals surface area contributed by atoms with Crippen molar-refractivity contribution in [2.45, 2.75) is 26.6 Å². The molecule has 0 bridgehead atoms. The molecule has 106 valence electrons. The van der Waals surface area contributed by atoms with E-state index in [0.29, 0.717) is 12.2 Å². The van der Waals surface area contributed by atoms with Crippen LogP contribution < -0.4 is 5.32 Å². The highest BCUT2D eigenvalue weighted by molar-refractivity contribution is 5.53. The van der Waals surface area contributed by atoms with E-state index in [1.165, 1.54) is 6.07 Å². The van der Waals surface area contributed by atoms with E-state index in [4.69, 9.17) is 0 Å². The lowest BCUT2D eigenvalue weighted by atomic mass is 10.1. The van der Waals surface area contributed by atoms with Crippen molar-refractivity contribution in [3.8, 4) is 0 Å². The van der Waals surface area contributed by atoms with Crippen LogP contribution in [0.4, 0.5) is 18.9 Å². The third kappa shape index (κ3) is 3.50. The molecular formula is C15H15F3N2. The number of hydrogen-bond donors (Lipinski definition) is 1. The normalized spacial score (nSPS) is 11.4. The molecular weight excluding hydrogens is 265 g/mol. The second kappa shape index (κ2) is 5.53. The first-order valence-corrected chi connectivity index (χ1v) is 6.19. The van der Waals surface area contributed by atoms with Crippen molar-refractivity contribution in [1.82, 2.24) is 4.98 Å². The second-order valence-electron chi connectivity index (χ2n) is 4.71. The Morgan fingerprint density at radius 1 is 1.10 bits per heavy atom. The van der Waals surface area contributed by atoms with Crippen molar-refractivity contribution >= 4 is 5.69 Å². The molecule has 2 nitrogen and oxygen atoms in total. The molecule has 1 aromatic heterocycles.